The van der Waals surface area contributed by atoms with E-state index in [2.05, 4.69) is 5.32 Å². The molecule has 214 valence electrons. The first kappa shape index (κ1) is 31.0. The minimum Gasteiger partial charge on any atom is -0.497 e. The van der Waals surface area contributed by atoms with Crippen molar-refractivity contribution in [1.29, 1.82) is 0 Å². The van der Waals surface area contributed by atoms with Crippen LogP contribution in [-0.4, -0.2) is 56.6 Å². The Morgan fingerprint density at radius 2 is 1.55 bits per heavy atom. The molecular formula is C30H36ClN3O5S. The molecule has 0 saturated heterocycles. The first-order valence-electron chi connectivity index (χ1n) is 12.8. The van der Waals surface area contributed by atoms with E-state index in [0.29, 0.717) is 22.0 Å². The zero-order valence-electron chi connectivity index (χ0n) is 23.4. The predicted molar refractivity (Wildman–Crippen MR) is 159 cm³/mol. The maximum atomic E-state index is 14.1. The number of anilines is 1. The molecule has 3 aromatic rings. The third-order valence-corrected chi connectivity index (χ3v) is 7.62. The first-order chi connectivity index (χ1) is 18.8. The molecule has 0 aliphatic carbocycles. The van der Waals surface area contributed by atoms with Crippen molar-refractivity contribution >= 4 is 39.1 Å². The highest BCUT2D eigenvalue weighted by atomic mass is 35.5. The van der Waals surface area contributed by atoms with Gasteiger partial charge >= 0.3 is 0 Å². The highest BCUT2D eigenvalue weighted by Gasteiger charge is 2.34. The molecule has 2 amide bonds. The van der Waals surface area contributed by atoms with E-state index in [-0.39, 0.29) is 18.9 Å². The summed E-state index contributed by atoms with van der Waals surface area (Å²) < 4.78 is 31.9. The van der Waals surface area contributed by atoms with Gasteiger partial charge < -0.3 is 15.0 Å². The molecule has 0 spiro atoms. The zero-order chi connectivity index (χ0) is 29.5. The van der Waals surface area contributed by atoms with Gasteiger partial charge in [-0.05, 0) is 62.2 Å². The summed E-state index contributed by atoms with van der Waals surface area (Å²) in [6.07, 6.45) is 1.26. The highest BCUT2D eigenvalue weighted by Crippen LogP contribution is 2.24. The Hall–Kier alpha value is -3.56. The van der Waals surface area contributed by atoms with E-state index >= 15 is 0 Å². The van der Waals surface area contributed by atoms with E-state index in [0.717, 1.165) is 16.1 Å². The number of halogens is 1. The van der Waals surface area contributed by atoms with E-state index in [9.17, 15) is 18.0 Å². The molecule has 0 saturated carbocycles. The second-order valence-corrected chi connectivity index (χ2v) is 12.8. The van der Waals surface area contributed by atoms with Crippen LogP contribution in [0.4, 0.5) is 5.69 Å². The van der Waals surface area contributed by atoms with Gasteiger partial charge in [-0.25, -0.2) is 8.42 Å². The van der Waals surface area contributed by atoms with Crippen molar-refractivity contribution in [2.45, 2.75) is 45.3 Å². The highest BCUT2D eigenvalue weighted by molar-refractivity contribution is 7.92. The standard InChI is InChI=1S/C30H36ClN3O5S/c1-30(2,3)32-29(36)27(19-22-11-7-6-8-12-22)33(20-23-13-9-10-14-26(23)31)28(35)21-34(40(5,37)38)24-15-17-25(39-4)18-16-24/h6-18,27H,19-21H2,1-5H3,(H,32,36). The van der Waals surface area contributed by atoms with Gasteiger partial charge in [0.2, 0.25) is 21.8 Å². The van der Waals surface area contributed by atoms with Crippen LogP contribution in [0.2, 0.25) is 5.02 Å². The fraction of sp³-hybridized carbons (Fsp3) is 0.333. The molecule has 3 rings (SSSR count). The number of carbonyl (C=O) groups is 2. The third kappa shape index (κ3) is 8.72. The SMILES string of the molecule is COc1ccc(N(CC(=O)N(Cc2ccccc2Cl)C(Cc2ccccc2)C(=O)NC(C)(C)C)S(C)(=O)=O)cc1. The summed E-state index contributed by atoms with van der Waals surface area (Å²) in [5.41, 5.74) is 1.22. The van der Waals surface area contributed by atoms with Gasteiger partial charge in [0.1, 0.15) is 18.3 Å². The number of rotatable bonds is 11. The summed E-state index contributed by atoms with van der Waals surface area (Å²) in [5.74, 6) is -0.357. The molecule has 0 heterocycles. The van der Waals surface area contributed by atoms with Gasteiger partial charge in [0, 0.05) is 23.5 Å². The van der Waals surface area contributed by atoms with Crippen LogP contribution in [-0.2, 0) is 32.6 Å². The monoisotopic (exact) mass is 585 g/mol. The normalized spacial score (nSPS) is 12.3. The van der Waals surface area contributed by atoms with Gasteiger partial charge in [0.05, 0.1) is 19.1 Å². The molecule has 1 atom stereocenters. The van der Waals surface area contributed by atoms with Crippen molar-refractivity contribution in [2.75, 3.05) is 24.2 Å². The van der Waals surface area contributed by atoms with Gasteiger partial charge in [-0.15, -0.1) is 0 Å². The van der Waals surface area contributed by atoms with Crippen LogP contribution in [0, 0.1) is 0 Å². The summed E-state index contributed by atoms with van der Waals surface area (Å²) in [7, 11) is -2.35. The van der Waals surface area contributed by atoms with Crippen LogP contribution in [0.1, 0.15) is 31.9 Å². The average Bonchev–Trinajstić information content (AvgIpc) is 2.89. The van der Waals surface area contributed by atoms with Crippen molar-refractivity contribution in [3.8, 4) is 5.75 Å². The smallest absolute Gasteiger partial charge is 0.244 e. The van der Waals surface area contributed by atoms with Crippen molar-refractivity contribution in [3.63, 3.8) is 0 Å². The maximum absolute atomic E-state index is 14.1. The Bertz CT molecular complexity index is 1410. The van der Waals surface area contributed by atoms with Gasteiger partial charge in [-0.2, -0.15) is 0 Å². The summed E-state index contributed by atoms with van der Waals surface area (Å²) >= 11 is 6.47. The second-order valence-electron chi connectivity index (χ2n) is 10.5. The fourth-order valence-electron chi connectivity index (χ4n) is 4.18. The van der Waals surface area contributed by atoms with Crippen LogP contribution >= 0.6 is 11.6 Å². The number of nitrogens with zero attached hydrogens (tertiary/aromatic N) is 2. The van der Waals surface area contributed by atoms with E-state index in [1.165, 1.54) is 12.0 Å². The van der Waals surface area contributed by atoms with Crippen LogP contribution in [0.15, 0.2) is 78.9 Å². The number of amides is 2. The number of sulfonamides is 1. The zero-order valence-corrected chi connectivity index (χ0v) is 25.0. The summed E-state index contributed by atoms with van der Waals surface area (Å²) in [6, 6.07) is 21.9. The molecule has 8 nitrogen and oxygen atoms in total. The van der Waals surface area contributed by atoms with E-state index in [1.807, 2.05) is 51.1 Å². The largest absolute Gasteiger partial charge is 0.497 e. The molecule has 1 N–H and O–H groups in total. The molecule has 0 fully saturated rings. The Kier molecular flexibility index (Phi) is 10.2. The van der Waals surface area contributed by atoms with Crippen LogP contribution < -0.4 is 14.4 Å². The number of methoxy groups -OCH3 is 1. The van der Waals surface area contributed by atoms with Gasteiger partial charge in [0.25, 0.3) is 0 Å². The lowest BCUT2D eigenvalue weighted by molar-refractivity contribution is -0.140. The Labute approximate surface area is 241 Å². The topological polar surface area (TPSA) is 96.0 Å². The van der Waals surface area contributed by atoms with Gasteiger partial charge in [-0.3, -0.25) is 13.9 Å². The second kappa shape index (κ2) is 13.2. The number of hydrogen-bond acceptors (Lipinski definition) is 5. The summed E-state index contributed by atoms with van der Waals surface area (Å²) in [6.45, 7) is 5.08. The molecule has 0 radical (unpaired) electrons. The lowest BCUT2D eigenvalue weighted by Gasteiger charge is -2.35. The van der Waals surface area contributed by atoms with Crippen LogP contribution in [0.3, 0.4) is 0 Å². The molecular weight excluding hydrogens is 550 g/mol. The molecule has 0 aliphatic rings. The van der Waals surface area contributed by atoms with Gasteiger partial charge in [0.15, 0.2) is 0 Å². The summed E-state index contributed by atoms with van der Waals surface area (Å²) in [5, 5.41) is 3.43. The molecule has 40 heavy (non-hydrogen) atoms. The quantitative estimate of drug-likeness (QED) is 0.353. The molecule has 0 bridgehead atoms. The summed E-state index contributed by atoms with van der Waals surface area (Å²) in [4.78, 5) is 29.2. The lowest BCUT2D eigenvalue weighted by atomic mass is 10.0. The minimum absolute atomic E-state index is 0.00772. The first-order valence-corrected chi connectivity index (χ1v) is 15.0. The predicted octanol–water partition coefficient (Wildman–Crippen LogP) is 4.67. The number of nitrogens with one attached hydrogen (secondary N) is 1. The molecule has 0 aromatic heterocycles. The van der Waals surface area contributed by atoms with Crippen molar-refractivity contribution in [1.82, 2.24) is 10.2 Å². The third-order valence-electron chi connectivity index (χ3n) is 6.11. The van der Waals surface area contributed by atoms with E-state index in [4.69, 9.17) is 16.3 Å². The molecule has 0 aliphatic heterocycles. The van der Waals surface area contributed by atoms with Crippen molar-refractivity contribution in [3.05, 3.63) is 95.0 Å². The van der Waals surface area contributed by atoms with E-state index in [1.54, 1.807) is 48.5 Å². The Morgan fingerprint density at radius 3 is 2.10 bits per heavy atom. The average molecular weight is 586 g/mol. The number of ether oxygens (including phenoxy) is 1. The van der Waals surface area contributed by atoms with Gasteiger partial charge in [-0.1, -0.05) is 60.1 Å². The molecule has 10 heteroatoms. The van der Waals surface area contributed by atoms with E-state index < -0.39 is 34.1 Å². The van der Waals surface area contributed by atoms with Crippen LogP contribution in [0.5, 0.6) is 5.75 Å². The maximum Gasteiger partial charge on any atom is 0.244 e. The lowest BCUT2D eigenvalue weighted by Crippen LogP contribution is -2.56. The van der Waals surface area contributed by atoms with Crippen molar-refractivity contribution in [2.24, 2.45) is 0 Å². The Balaban J connectivity index is 2.07. The minimum atomic E-state index is -3.86. The Morgan fingerprint density at radius 1 is 0.950 bits per heavy atom. The number of carbonyl (C=O) groups excluding carboxylic acids is 2. The molecule has 3 aromatic carbocycles. The van der Waals surface area contributed by atoms with Crippen molar-refractivity contribution < 1.29 is 22.7 Å². The number of hydrogen-bond donors (Lipinski definition) is 1. The fourth-order valence-corrected chi connectivity index (χ4v) is 5.22. The van der Waals surface area contributed by atoms with Crippen LogP contribution in [0.25, 0.3) is 0 Å². The molecule has 1 unspecified atom stereocenters. The number of benzene rings is 3.